The second-order valence-electron chi connectivity index (χ2n) is 5.34. The van der Waals surface area contributed by atoms with Gasteiger partial charge in [0.25, 0.3) is 5.91 Å². The minimum Gasteiger partial charge on any atom is -0.505 e. The monoisotopic (exact) mass is 332 g/mol. The van der Waals surface area contributed by atoms with Crippen molar-refractivity contribution in [1.82, 2.24) is 10.3 Å². The van der Waals surface area contributed by atoms with Crippen LogP contribution in [0.2, 0.25) is 0 Å². The van der Waals surface area contributed by atoms with E-state index in [0.29, 0.717) is 16.5 Å². The van der Waals surface area contributed by atoms with Gasteiger partial charge in [0, 0.05) is 17.0 Å². The van der Waals surface area contributed by atoms with Gasteiger partial charge in [0.2, 0.25) is 0 Å². The van der Waals surface area contributed by atoms with Gasteiger partial charge in [-0.05, 0) is 31.0 Å². The molecule has 0 spiro atoms. The molecule has 24 heavy (non-hydrogen) atoms. The van der Waals surface area contributed by atoms with Crippen LogP contribution in [0.15, 0.2) is 24.4 Å². The van der Waals surface area contributed by atoms with Gasteiger partial charge in [-0.1, -0.05) is 13.8 Å². The molecule has 3 N–H and O–H groups in total. The van der Waals surface area contributed by atoms with Gasteiger partial charge in [-0.15, -0.1) is 0 Å². The molecule has 0 bridgehead atoms. The van der Waals surface area contributed by atoms with E-state index in [1.165, 1.54) is 6.20 Å². The number of carbonyl (C=O) groups excluding carboxylic acids is 1. The zero-order chi connectivity index (χ0) is 17.7. The van der Waals surface area contributed by atoms with Crippen LogP contribution in [0.1, 0.15) is 37.2 Å². The van der Waals surface area contributed by atoms with Crippen LogP contribution in [0.3, 0.4) is 0 Å². The molecule has 1 aromatic heterocycles. The smallest absolute Gasteiger partial charge is 0.322 e. The summed E-state index contributed by atoms with van der Waals surface area (Å²) in [6, 6.07) is 5.12. The fraction of sp³-hybridized carbons (Fsp3) is 0.353. The molecule has 1 aromatic carbocycles. The number of aliphatic carboxylic acids is 1. The van der Waals surface area contributed by atoms with Crippen LogP contribution in [0, 0.1) is 0 Å². The molecular formula is C17H20N2O5. The third-order valence-corrected chi connectivity index (χ3v) is 3.66. The molecule has 0 aliphatic rings. The van der Waals surface area contributed by atoms with Gasteiger partial charge in [0.05, 0.1) is 6.10 Å². The molecule has 0 aliphatic carbocycles. The summed E-state index contributed by atoms with van der Waals surface area (Å²) in [5.74, 6) is -1.54. The van der Waals surface area contributed by atoms with E-state index in [0.717, 1.165) is 12.8 Å². The van der Waals surface area contributed by atoms with Crippen molar-refractivity contribution in [3.63, 3.8) is 0 Å². The van der Waals surface area contributed by atoms with Crippen LogP contribution in [0.25, 0.3) is 10.8 Å². The molecule has 0 unspecified atom stereocenters. The summed E-state index contributed by atoms with van der Waals surface area (Å²) < 4.78 is 5.85. The number of benzene rings is 1. The molecule has 7 nitrogen and oxygen atoms in total. The number of nitrogens with one attached hydrogen (secondary N) is 1. The lowest BCUT2D eigenvalue weighted by Gasteiger charge is -2.16. The molecule has 128 valence electrons. The lowest BCUT2D eigenvalue weighted by atomic mass is 10.1. The number of carbonyl (C=O) groups is 2. The summed E-state index contributed by atoms with van der Waals surface area (Å²) in [5.41, 5.74) is -0.211. The number of fused-ring (bicyclic) bond motifs is 1. The van der Waals surface area contributed by atoms with Crippen molar-refractivity contribution in [2.24, 2.45) is 0 Å². The predicted octanol–water partition coefficient (Wildman–Crippen LogP) is 2.32. The minimum atomic E-state index is -1.17. The van der Waals surface area contributed by atoms with E-state index in [2.05, 4.69) is 10.3 Å². The summed E-state index contributed by atoms with van der Waals surface area (Å²) in [6.45, 7) is 3.55. The Hall–Kier alpha value is -2.83. The predicted molar refractivity (Wildman–Crippen MR) is 88.4 cm³/mol. The molecule has 1 heterocycles. The summed E-state index contributed by atoms with van der Waals surface area (Å²) in [7, 11) is 0. The third-order valence-electron chi connectivity index (χ3n) is 3.66. The number of pyridine rings is 1. The zero-order valence-electron chi connectivity index (χ0n) is 13.6. The van der Waals surface area contributed by atoms with Gasteiger partial charge in [-0.3, -0.25) is 9.59 Å². The lowest BCUT2D eigenvalue weighted by molar-refractivity contribution is -0.135. The first-order chi connectivity index (χ1) is 11.5. The average Bonchev–Trinajstić information content (AvgIpc) is 2.57. The highest BCUT2D eigenvalue weighted by molar-refractivity contribution is 6.02. The van der Waals surface area contributed by atoms with Gasteiger partial charge in [-0.2, -0.15) is 0 Å². The maximum absolute atomic E-state index is 11.9. The highest BCUT2D eigenvalue weighted by atomic mass is 16.5. The van der Waals surface area contributed by atoms with Crippen LogP contribution in [0.4, 0.5) is 0 Å². The van der Waals surface area contributed by atoms with Crippen molar-refractivity contribution in [1.29, 1.82) is 0 Å². The number of hydrogen-bond donors (Lipinski definition) is 3. The van der Waals surface area contributed by atoms with Crippen LogP contribution < -0.4 is 10.1 Å². The first kappa shape index (κ1) is 17.5. The maximum Gasteiger partial charge on any atom is 0.322 e. The number of nitrogens with zero attached hydrogens (tertiary/aromatic N) is 1. The number of ether oxygens (including phenoxy) is 1. The van der Waals surface area contributed by atoms with Crippen molar-refractivity contribution in [2.45, 2.75) is 32.8 Å². The van der Waals surface area contributed by atoms with Crippen molar-refractivity contribution in [3.8, 4) is 11.5 Å². The van der Waals surface area contributed by atoms with Crippen molar-refractivity contribution in [3.05, 3.63) is 30.1 Å². The Balaban J connectivity index is 2.29. The fourth-order valence-corrected chi connectivity index (χ4v) is 2.31. The molecule has 0 saturated heterocycles. The Kier molecular flexibility index (Phi) is 5.57. The minimum absolute atomic E-state index is 0.116. The van der Waals surface area contributed by atoms with Crippen molar-refractivity contribution < 1.29 is 24.5 Å². The number of hydrogen-bond acceptors (Lipinski definition) is 5. The van der Waals surface area contributed by atoms with Gasteiger partial charge < -0.3 is 20.3 Å². The lowest BCUT2D eigenvalue weighted by Crippen LogP contribution is -2.29. The molecule has 0 aliphatic heterocycles. The van der Waals surface area contributed by atoms with Gasteiger partial charge in [0.1, 0.15) is 12.3 Å². The number of aromatic hydroxyl groups is 1. The van der Waals surface area contributed by atoms with Gasteiger partial charge in [-0.25, -0.2) is 4.98 Å². The molecule has 0 radical (unpaired) electrons. The fourth-order valence-electron chi connectivity index (χ4n) is 2.31. The standard InChI is InChI=1S/C17H20N2O5/c1-3-11(4-2)24-12-5-6-13-10(7-12)8-18-15(16(13)22)17(23)19-9-14(20)21/h5-8,11,22H,3-4,9H2,1-2H3,(H,19,23)(H,20,21). The third kappa shape index (κ3) is 3.92. The van der Waals surface area contributed by atoms with Crippen LogP contribution in [-0.4, -0.2) is 39.7 Å². The molecule has 7 heteroatoms. The Bertz CT molecular complexity index is 756. The van der Waals surface area contributed by atoms with E-state index < -0.39 is 18.4 Å². The zero-order valence-corrected chi connectivity index (χ0v) is 13.6. The maximum atomic E-state index is 11.9. The average molecular weight is 332 g/mol. The van der Waals surface area contributed by atoms with Gasteiger partial charge in [0.15, 0.2) is 11.4 Å². The van der Waals surface area contributed by atoms with E-state index in [1.807, 2.05) is 13.8 Å². The highest BCUT2D eigenvalue weighted by Gasteiger charge is 2.17. The molecule has 1 amide bonds. The summed E-state index contributed by atoms with van der Waals surface area (Å²) >= 11 is 0. The SMILES string of the molecule is CCC(CC)Oc1ccc2c(O)c(C(=O)NCC(=O)O)ncc2c1. The molecule has 0 saturated carbocycles. The Morgan fingerprint density at radius 3 is 2.62 bits per heavy atom. The highest BCUT2D eigenvalue weighted by Crippen LogP contribution is 2.30. The Morgan fingerprint density at radius 1 is 1.29 bits per heavy atom. The summed E-state index contributed by atoms with van der Waals surface area (Å²) in [6.07, 6.45) is 3.34. The summed E-state index contributed by atoms with van der Waals surface area (Å²) in [4.78, 5) is 26.3. The number of amides is 1. The molecule has 2 rings (SSSR count). The van der Waals surface area contributed by atoms with Crippen LogP contribution in [0.5, 0.6) is 11.5 Å². The Morgan fingerprint density at radius 2 is 2.00 bits per heavy atom. The second kappa shape index (κ2) is 7.63. The molecule has 0 atom stereocenters. The van der Waals surface area contributed by atoms with E-state index in [9.17, 15) is 14.7 Å². The van der Waals surface area contributed by atoms with E-state index in [-0.39, 0.29) is 17.5 Å². The number of carboxylic acid groups (broad SMARTS) is 1. The topological polar surface area (TPSA) is 109 Å². The first-order valence-corrected chi connectivity index (χ1v) is 7.74. The van der Waals surface area contributed by atoms with Crippen molar-refractivity contribution in [2.75, 3.05) is 6.54 Å². The van der Waals surface area contributed by atoms with E-state index >= 15 is 0 Å². The number of carboxylic acids is 1. The molecule has 0 fully saturated rings. The van der Waals surface area contributed by atoms with Gasteiger partial charge >= 0.3 is 5.97 Å². The van der Waals surface area contributed by atoms with Crippen molar-refractivity contribution >= 4 is 22.6 Å². The van der Waals surface area contributed by atoms with E-state index in [4.69, 9.17) is 9.84 Å². The van der Waals surface area contributed by atoms with E-state index in [1.54, 1.807) is 18.2 Å². The molecular weight excluding hydrogens is 312 g/mol. The quantitative estimate of drug-likeness (QED) is 0.718. The largest absolute Gasteiger partial charge is 0.505 e. The number of aromatic nitrogens is 1. The molecule has 2 aromatic rings. The second-order valence-corrected chi connectivity index (χ2v) is 5.34. The Labute approximate surface area is 139 Å². The normalized spacial score (nSPS) is 10.8. The van der Waals surface area contributed by atoms with Crippen LogP contribution in [-0.2, 0) is 4.79 Å². The first-order valence-electron chi connectivity index (χ1n) is 7.74. The summed E-state index contributed by atoms with van der Waals surface area (Å²) in [5, 5.41) is 22.1. The number of rotatable bonds is 7. The van der Waals surface area contributed by atoms with Crippen LogP contribution >= 0.6 is 0 Å².